The third-order valence-corrected chi connectivity index (χ3v) is 5.20. The molecule has 0 N–H and O–H groups in total. The summed E-state index contributed by atoms with van der Waals surface area (Å²) in [7, 11) is 4.64. The van der Waals surface area contributed by atoms with Crippen LogP contribution in [0, 0.1) is 47.0 Å². The number of hydrogen-bond acceptors (Lipinski definition) is 2. The summed E-state index contributed by atoms with van der Waals surface area (Å²) in [6.07, 6.45) is 0. The molecule has 0 atom stereocenters. The van der Waals surface area contributed by atoms with Crippen LogP contribution >= 0.6 is 9.58 Å². The van der Waals surface area contributed by atoms with E-state index in [4.69, 9.17) is 5.26 Å². The minimum atomic E-state index is 0.612. The van der Waals surface area contributed by atoms with Crippen LogP contribution < -0.4 is 0 Å². The first-order chi connectivity index (χ1) is 13.8. The van der Waals surface area contributed by atoms with E-state index in [2.05, 4.69) is 61.3 Å². The average Bonchev–Trinajstić information content (AvgIpc) is 2.94. The van der Waals surface area contributed by atoms with E-state index in [9.17, 15) is 0 Å². The summed E-state index contributed by atoms with van der Waals surface area (Å²) in [5, 5.41) is 8.70. The van der Waals surface area contributed by atoms with Gasteiger partial charge < -0.3 is 4.99 Å². The predicted molar refractivity (Wildman–Crippen MR) is 119 cm³/mol. The molecule has 3 rings (SSSR count). The van der Waals surface area contributed by atoms with Gasteiger partial charge in [-0.2, -0.15) is 0 Å². The monoisotopic (exact) mass is 582 g/mol. The molecule has 151 valence electrons. The Labute approximate surface area is 191 Å². The molecule has 4 heteroatoms. The van der Waals surface area contributed by atoms with Crippen LogP contribution in [0.5, 0.6) is 0 Å². The standard InChI is InChI=1S/C15H11N2.C10H15.ClH.Ir/c1-12(17-15-5-3-2-4-6-15)14-9-7-13(11-16)8-10-14;1-6-7(2)9(4)10(5)8(6)3;;/h2-9H,1H3;1-5H3;1H;/q-1;;;+3/p-1. The molecule has 0 saturated heterocycles. The van der Waals surface area contributed by atoms with Gasteiger partial charge in [0.1, 0.15) is 0 Å². The molecular formula is C25H26ClIrN2+. The van der Waals surface area contributed by atoms with E-state index < -0.39 is 0 Å². The fourth-order valence-electron chi connectivity index (χ4n) is 2.88. The van der Waals surface area contributed by atoms with Crippen LogP contribution in [0.4, 0.5) is 5.69 Å². The molecule has 5 radical (unpaired) electrons. The number of hydrogen-bond donors (Lipinski definition) is 0. The second-order valence-corrected chi connectivity index (χ2v) is 6.76. The molecule has 1 aliphatic rings. The van der Waals surface area contributed by atoms with E-state index in [-0.39, 0.29) is 0 Å². The molecule has 29 heavy (non-hydrogen) atoms. The summed E-state index contributed by atoms with van der Waals surface area (Å²) in [5.74, 6) is 7.34. The van der Waals surface area contributed by atoms with Crippen molar-refractivity contribution in [1.29, 1.82) is 5.26 Å². The van der Waals surface area contributed by atoms with Crippen LogP contribution in [0.1, 0.15) is 52.7 Å². The molecule has 0 bridgehead atoms. The average molecular weight is 582 g/mol. The van der Waals surface area contributed by atoms with Gasteiger partial charge in [-0.15, -0.1) is 29.8 Å². The SMILES string of the molecule is CC(=Nc1ccccc1)c1[c-]cc(C#N)cc1.C[C]1[C](C)[C](C)[C](C)[C]1C.[Cl][Ir+2]. The molecule has 1 fully saturated rings. The van der Waals surface area contributed by atoms with E-state index in [1.165, 1.54) is 47.5 Å². The van der Waals surface area contributed by atoms with Crippen LogP contribution in [0.15, 0.2) is 53.5 Å². The summed E-state index contributed by atoms with van der Waals surface area (Å²) < 4.78 is 0. The van der Waals surface area contributed by atoms with Crippen LogP contribution in [0.3, 0.4) is 0 Å². The molecule has 0 spiro atoms. The zero-order valence-electron chi connectivity index (χ0n) is 17.7. The number of halogens is 1. The number of benzene rings is 2. The number of aliphatic imine (C=N–C) groups is 1. The Morgan fingerprint density at radius 1 is 0.862 bits per heavy atom. The molecule has 0 aromatic heterocycles. The van der Waals surface area contributed by atoms with Gasteiger partial charge in [-0.05, 0) is 53.0 Å². The summed E-state index contributed by atoms with van der Waals surface area (Å²) in [4.78, 5) is 4.49. The Morgan fingerprint density at radius 3 is 1.72 bits per heavy atom. The Bertz CT molecular complexity index is 751. The molecule has 0 aliphatic heterocycles. The van der Waals surface area contributed by atoms with Gasteiger partial charge in [-0.1, -0.05) is 59.7 Å². The van der Waals surface area contributed by atoms with Gasteiger partial charge in [-0.25, -0.2) is 5.26 Å². The molecule has 1 saturated carbocycles. The zero-order chi connectivity index (χ0) is 22.0. The topological polar surface area (TPSA) is 36.1 Å². The predicted octanol–water partition coefficient (Wildman–Crippen LogP) is 7.16. The first kappa shape index (κ1) is 25.6. The summed E-state index contributed by atoms with van der Waals surface area (Å²) in [6, 6.07) is 20.2. The second-order valence-electron chi connectivity index (χ2n) is 6.76. The molecule has 0 heterocycles. The number of nitriles is 1. The molecule has 2 aromatic carbocycles. The third kappa shape index (κ3) is 7.38. The van der Waals surface area contributed by atoms with Crippen molar-refractivity contribution in [3.8, 4) is 6.07 Å². The fraction of sp³-hybridized carbons (Fsp3) is 0.240. The van der Waals surface area contributed by atoms with Crippen molar-refractivity contribution in [1.82, 2.24) is 0 Å². The quantitative estimate of drug-likeness (QED) is 0.274. The van der Waals surface area contributed by atoms with Crippen LogP contribution in [0.2, 0.25) is 0 Å². The Morgan fingerprint density at radius 2 is 1.34 bits per heavy atom. The molecule has 2 nitrogen and oxygen atoms in total. The Hall–Kier alpha value is -1.46. The van der Waals surface area contributed by atoms with Crippen LogP contribution in [-0.2, 0) is 17.9 Å². The van der Waals surface area contributed by atoms with Gasteiger partial charge >= 0.3 is 27.5 Å². The first-order valence-electron chi connectivity index (χ1n) is 9.20. The van der Waals surface area contributed by atoms with Crippen molar-refractivity contribution >= 4 is 21.0 Å². The van der Waals surface area contributed by atoms with E-state index >= 15 is 0 Å². The van der Waals surface area contributed by atoms with Crippen LogP contribution in [0.25, 0.3) is 0 Å². The van der Waals surface area contributed by atoms with Crippen molar-refractivity contribution in [2.24, 2.45) is 4.99 Å². The van der Waals surface area contributed by atoms with E-state index in [1.807, 2.05) is 43.3 Å². The molecule has 0 unspecified atom stereocenters. The minimum absolute atomic E-state index is 0.612. The molecule has 2 aromatic rings. The number of rotatable bonds is 2. The van der Waals surface area contributed by atoms with Crippen molar-refractivity contribution in [2.45, 2.75) is 41.5 Å². The maximum atomic E-state index is 8.70. The van der Waals surface area contributed by atoms with Crippen molar-refractivity contribution in [2.75, 3.05) is 0 Å². The van der Waals surface area contributed by atoms with Gasteiger partial charge in [0, 0.05) is 6.07 Å². The third-order valence-electron chi connectivity index (χ3n) is 5.20. The first-order valence-corrected chi connectivity index (χ1v) is 12.2. The molecular weight excluding hydrogens is 556 g/mol. The number of para-hydroxylation sites is 1. The summed E-state index contributed by atoms with van der Waals surface area (Å²) >= 11 is 1.47. The fourth-order valence-corrected chi connectivity index (χ4v) is 2.88. The van der Waals surface area contributed by atoms with Crippen molar-refractivity contribution in [3.63, 3.8) is 0 Å². The second kappa shape index (κ2) is 13.0. The van der Waals surface area contributed by atoms with Crippen molar-refractivity contribution in [3.05, 3.63) is 95.3 Å². The van der Waals surface area contributed by atoms with Gasteiger partial charge in [0.15, 0.2) is 0 Å². The molecule has 0 amide bonds. The van der Waals surface area contributed by atoms with Gasteiger partial charge in [0.25, 0.3) is 0 Å². The zero-order valence-corrected chi connectivity index (χ0v) is 20.9. The normalized spacial score (nSPS) is 16.4. The Kier molecular flexibility index (Phi) is 11.4. The van der Waals surface area contributed by atoms with Crippen LogP contribution in [-0.4, -0.2) is 5.71 Å². The maximum absolute atomic E-state index is 8.70. The van der Waals surface area contributed by atoms with Gasteiger partial charge in [0.2, 0.25) is 0 Å². The van der Waals surface area contributed by atoms with Gasteiger partial charge in [0.05, 0.1) is 5.69 Å². The number of nitrogens with zero attached hydrogens (tertiary/aromatic N) is 2. The van der Waals surface area contributed by atoms with E-state index in [0.29, 0.717) is 5.56 Å². The summed E-state index contributed by atoms with van der Waals surface area (Å²) in [6.45, 7) is 12.9. The molecule has 1 aliphatic carbocycles. The van der Waals surface area contributed by atoms with E-state index in [0.717, 1.165) is 17.0 Å². The van der Waals surface area contributed by atoms with E-state index in [1.54, 1.807) is 12.1 Å². The summed E-state index contributed by atoms with van der Waals surface area (Å²) in [5.41, 5.74) is 3.33. The van der Waals surface area contributed by atoms with Crippen molar-refractivity contribution < 1.29 is 17.9 Å². The Balaban J connectivity index is 0.000000299. The van der Waals surface area contributed by atoms with Gasteiger partial charge in [-0.3, -0.25) is 0 Å².